The monoisotopic (exact) mass is 284 g/mol. The summed E-state index contributed by atoms with van der Waals surface area (Å²) >= 11 is 0. The Hall–Kier alpha value is -1.80. The van der Waals surface area contributed by atoms with Gasteiger partial charge in [0.05, 0.1) is 7.11 Å². The first-order chi connectivity index (χ1) is 9.91. The number of methoxy groups -OCH3 is 1. The molecule has 1 N–H and O–H groups in total. The number of benzene rings is 2. The van der Waals surface area contributed by atoms with Gasteiger partial charge in [0.2, 0.25) is 0 Å². The van der Waals surface area contributed by atoms with Crippen molar-refractivity contribution in [1.29, 1.82) is 0 Å². The van der Waals surface area contributed by atoms with E-state index < -0.39 is 5.60 Å². The highest BCUT2D eigenvalue weighted by molar-refractivity contribution is 5.51. The van der Waals surface area contributed by atoms with Crippen LogP contribution in [0.1, 0.15) is 41.7 Å². The average Bonchev–Trinajstić information content (AvgIpc) is 2.49. The van der Waals surface area contributed by atoms with E-state index in [1.807, 2.05) is 45.0 Å². The van der Waals surface area contributed by atoms with Gasteiger partial charge >= 0.3 is 0 Å². The molecule has 0 heterocycles. The van der Waals surface area contributed by atoms with Crippen molar-refractivity contribution >= 4 is 0 Å². The SMILES string of the molecule is CCc1ccc(C(C)(O)c2ccc(C)c(C)c2OC)cc1. The molecule has 0 aromatic heterocycles. The van der Waals surface area contributed by atoms with Gasteiger partial charge in [-0.25, -0.2) is 0 Å². The van der Waals surface area contributed by atoms with Gasteiger partial charge in [0, 0.05) is 5.56 Å². The summed E-state index contributed by atoms with van der Waals surface area (Å²) in [5.74, 6) is 0.763. The third-order valence-electron chi connectivity index (χ3n) is 4.33. The van der Waals surface area contributed by atoms with Gasteiger partial charge in [-0.1, -0.05) is 43.3 Å². The lowest BCUT2D eigenvalue weighted by Crippen LogP contribution is -2.24. The highest BCUT2D eigenvalue weighted by Gasteiger charge is 2.30. The lowest BCUT2D eigenvalue weighted by Gasteiger charge is -2.28. The summed E-state index contributed by atoms with van der Waals surface area (Å²) in [6.07, 6.45) is 0.995. The zero-order chi connectivity index (χ0) is 15.6. The predicted octanol–water partition coefficient (Wildman–Crippen LogP) is 4.13. The summed E-state index contributed by atoms with van der Waals surface area (Å²) in [7, 11) is 1.65. The van der Waals surface area contributed by atoms with E-state index >= 15 is 0 Å². The zero-order valence-electron chi connectivity index (χ0n) is 13.5. The standard InChI is InChI=1S/C19H24O2/c1-6-15-8-10-16(11-9-15)19(4,20)17-12-7-13(2)14(3)18(17)21-5/h7-12,20H,6H2,1-5H3. The quantitative estimate of drug-likeness (QED) is 0.914. The fourth-order valence-corrected chi connectivity index (χ4v) is 2.66. The Labute approximate surface area is 127 Å². The van der Waals surface area contributed by atoms with Gasteiger partial charge in [-0.3, -0.25) is 0 Å². The molecule has 1 atom stereocenters. The molecule has 2 nitrogen and oxygen atoms in total. The van der Waals surface area contributed by atoms with Gasteiger partial charge in [-0.05, 0) is 49.4 Å². The minimum atomic E-state index is -1.07. The van der Waals surface area contributed by atoms with Gasteiger partial charge in [0.15, 0.2) is 0 Å². The van der Waals surface area contributed by atoms with Gasteiger partial charge in [0.25, 0.3) is 0 Å². The summed E-state index contributed by atoms with van der Waals surface area (Å²) < 4.78 is 5.55. The molecule has 0 aliphatic rings. The number of rotatable bonds is 4. The van der Waals surface area contributed by atoms with Crippen molar-refractivity contribution in [3.05, 3.63) is 64.2 Å². The van der Waals surface area contributed by atoms with Gasteiger partial charge in [-0.2, -0.15) is 0 Å². The topological polar surface area (TPSA) is 29.5 Å². The van der Waals surface area contributed by atoms with Crippen molar-refractivity contribution in [2.24, 2.45) is 0 Å². The van der Waals surface area contributed by atoms with Crippen LogP contribution in [0.2, 0.25) is 0 Å². The van der Waals surface area contributed by atoms with Crippen molar-refractivity contribution in [2.45, 2.75) is 39.7 Å². The molecular weight excluding hydrogens is 260 g/mol. The van der Waals surface area contributed by atoms with Gasteiger partial charge in [0.1, 0.15) is 11.4 Å². The molecule has 1 unspecified atom stereocenters. The van der Waals surface area contributed by atoms with Crippen LogP contribution in [0.5, 0.6) is 5.75 Å². The molecule has 2 aromatic carbocycles. The number of hydrogen-bond acceptors (Lipinski definition) is 2. The molecule has 0 bridgehead atoms. The van der Waals surface area contributed by atoms with E-state index in [2.05, 4.69) is 19.1 Å². The second-order valence-electron chi connectivity index (χ2n) is 5.71. The zero-order valence-corrected chi connectivity index (χ0v) is 13.5. The second kappa shape index (κ2) is 5.90. The van der Waals surface area contributed by atoms with Crippen LogP contribution in [0.4, 0.5) is 0 Å². The lowest BCUT2D eigenvalue weighted by molar-refractivity contribution is 0.0988. The maximum absolute atomic E-state index is 11.1. The predicted molar refractivity (Wildman–Crippen MR) is 87.0 cm³/mol. The molecule has 0 amide bonds. The Morgan fingerprint density at radius 1 is 1.05 bits per heavy atom. The molecule has 2 heteroatoms. The Kier molecular flexibility index (Phi) is 4.38. The molecule has 0 aliphatic carbocycles. The Morgan fingerprint density at radius 2 is 1.67 bits per heavy atom. The average molecular weight is 284 g/mol. The molecule has 2 rings (SSSR count). The lowest BCUT2D eigenvalue weighted by atomic mass is 9.85. The maximum atomic E-state index is 11.1. The Morgan fingerprint density at radius 3 is 2.19 bits per heavy atom. The van der Waals surface area contributed by atoms with E-state index in [1.54, 1.807) is 7.11 Å². The summed E-state index contributed by atoms with van der Waals surface area (Å²) in [6, 6.07) is 12.1. The van der Waals surface area contributed by atoms with E-state index in [1.165, 1.54) is 5.56 Å². The molecule has 112 valence electrons. The van der Waals surface area contributed by atoms with Gasteiger partial charge in [-0.15, -0.1) is 0 Å². The second-order valence-corrected chi connectivity index (χ2v) is 5.71. The van der Waals surface area contributed by atoms with Crippen LogP contribution >= 0.6 is 0 Å². The third-order valence-corrected chi connectivity index (χ3v) is 4.33. The van der Waals surface area contributed by atoms with Crippen LogP contribution < -0.4 is 4.74 Å². The summed E-state index contributed by atoms with van der Waals surface area (Å²) in [6.45, 7) is 8.01. The number of hydrogen-bond donors (Lipinski definition) is 1. The first-order valence-electron chi connectivity index (χ1n) is 7.38. The molecule has 21 heavy (non-hydrogen) atoms. The van der Waals surface area contributed by atoms with Crippen LogP contribution in [-0.4, -0.2) is 12.2 Å². The number of ether oxygens (including phenoxy) is 1. The first kappa shape index (κ1) is 15.6. The fourth-order valence-electron chi connectivity index (χ4n) is 2.66. The molecule has 0 fully saturated rings. The molecule has 0 saturated carbocycles. The van der Waals surface area contributed by atoms with Crippen LogP contribution in [0.25, 0.3) is 0 Å². The van der Waals surface area contributed by atoms with E-state index in [-0.39, 0.29) is 0 Å². The van der Waals surface area contributed by atoms with E-state index in [0.717, 1.165) is 34.4 Å². The van der Waals surface area contributed by atoms with Crippen LogP contribution in [0.3, 0.4) is 0 Å². The van der Waals surface area contributed by atoms with Crippen LogP contribution in [0.15, 0.2) is 36.4 Å². The number of aryl methyl sites for hydroxylation is 2. The van der Waals surface area contributed by atoms with Crippen LogP contribution in [-0.2, 0) is 12.0 Å². The van der Waals surface area contributed by atoms with Crippen molar-refractivity contribution in [3.63, 3.8) is 0 Å². The molecule has 0 aliphatic heterocycles. The van der Waals surface area contributed by atoms with Gasteiger partial charge < -0.3 is 9.84 Å². The van der Waals surface area contributed by atoms with Crippen LogP contribution in [0, 0.1) is 13.8 Å². The van der Waals surface area contributed by atoms with Crippen molar-refractivity contribution < 1.29 is 9.84 Å². The highest BCUT2D eigenvalue weighted by Crippen LogP contribution is 2.38. The molecule has 0 spiro atoms. The normalized spacial score (nSPS) is 13.8. The molecule has 0 radical (unpaired) electrons. The summed E-state index contributed by atoms with van der Waals surface area (Å²) in [4.78, 5) is 0. The molecule has 2 aromatic rings. The minimum Gasteiger partial charge on any atom is -0.496 e. The highest BCUT2D eigenvalue weighted by atomic mass is 16.5. The fraction of sp³-hybridized carbons (Fsp3) is 0.368. The third kappa shape index (κ3) is 2.81. The van der Waals surface area contributed by atoms with Crippen molar-refractivity contribution in [3.8, 4) is 5.75 Å². The first-order valence-corrected chi connectivity index (χ1v) is 7.38. The Balaban J connectivity index is 2.54. The largest absolute Gasteiger partial charge is 0.496 e. The minimum absolute atomic E-state index is 0.763. The summed E-state index contributed by atoms with van der Waals surface area (Å²) in [5, 5.41) is 11.1. The van der Waals surface area contributed by atoms with E-state index in [0.29, 0.717) is 0 Å². The van der Waals surface area contributed by atoms with E-state index in [9.17, 15) is 5.11 Å². The van der Waals surface area contributed by atoms with Crippen molar-refractivity contribution in [1.82, 2.24) is 0 Å². The number of aliphatic hydroxyl groups is 1. The molecule has 0 saturated heterocycles. The smallest absolute Gasteiger partial charge is 0.128 e. The maximum Gasteiger partial charge on any atom is 0.128 e. The molecular formula is C19H24O2. The van der Waals surface area contributed by atoms with Crippen molar-refractivity contribution in [2.75, 3.05) is 7.11 Å². The summed E-state index contributed by atoms with van der Waals surface area (Å²) in [5.41, 5.74) is 4.10. The Bertz CT molecular complexity index is 625. The van der Waals surface area contributed by atoms with E-state index in [4.69, 9.17) is 4.74 Å².